The van der Waals surface area contributed by atoms with Gasteiger partial charge in [-0.3, -0.25) is 9.59 Å². The molecule has 192 valence electrons. The zero-order chi connectivity index (χ0) is 25.8. The molecule has 2 aromatic carbocycles. The molecule has 3 aromatic rings. The van der Waals surface area contributed by atoms with Crippen LogP contribution in [0.2, 0.25) is 0 Å². The first-order valence-corrected chi connectivity index (χ1v) is 12.3. The van der Waals surface area contributed by atoms with Crippen molar-refractivity contribution in [2.24, 2.45) is 0 Å². The van der Waals surface area contributed by atoms with Gasteiger partial charge in [0.2, 0.25) is 5.76 Å². The van der Waals surface area contributed by atoms with Gasteiger partial charge in [-0.25, -0.2) is 4.39 Å². The molecule has 0 radical (unpaired) electrons. The molecule has 0 bridgehead atoms. The van der Waals surface area contributed by atoms with E-state index in [1.165, 1.54) is 12.1 Å². The van der Waals surface area contributed by atoms with Crippen molar-refractivity contribution in [3.8, 4) is 11.5 Å². The molecular formula is C28H32FNO6. The van der Waals surface area contributed by atoms with Crippen molar-refractivity contribution in [1.29, 1.82) is 0 Å². The SMILES string of the molecule is CCCCOc1ccc(C2c3c(oc4ccc(F)cc4c3=O)C(=O)N2CCCOC(C)C)cc1OC. The summed E-state index contributed by atoms with van der Waals surface area (Å²) < 4.78 is 36.9. The molecule has 8 heteroatoms. The zero-order valence-corrected chi connectivity index (χ0v) is 21.1. The molecule has 0 saturated heterocycles. The van der Waals surface area contributed by atoms with Crippen LogP contribution in [0.25, 0.3) is 11.0 Å². The molecule has 4 rings (SSSR count). The van der Waals surface area contributed by atoms with Crippen LogP contribution in [-0.4, -0.2) is 43.8 Å². The van der Waals surface area contributed by atoms with Crippen molar-refractivity contribution in [2.75, 3.05) is 26.9 Å². The Morgan fingerprint density at radius 2 is 1.86 bits per heavy atom. The Labute approximate surface area is 209 Å². The number of unbranched alkanes of at least 4 members (excludes halogenated alkanes) is 1. The van der Waals surface area contributed by atoms with Gasteiger partial charge >= 0.3 is 0 Å². The molecule has 1 unspecified atom stereocenters. The van der Waals surface area contributed by atoms with Gasteiger partial charge in [-0.05, 0) is 62.6 Å². The first-order valence-electron chi connectivity index (χ1n) is 12.3. The van der Waals surface area contributed by atoms with Crippen LogP contribution in [0, 0.1) is 5.82 Å². The summed E-state index contributed by atoms with van der Waals surface area (Å²) in [5.41, 5.74) is 0.626. The van der Waals surface area contributed by atoms with Crippen molar-refractivity contribution in [2.45, 2.75) is 52.2 Å². The summed E-state index contributed by atoms with van der Waals surface area (Å²) in [6.45, 7) is 7.35. The van der Waals surface area contributed by atoms with Gasteiger partial charge in [0.05, 0.1) is 36.8 Å². The number of amides is 1. The highest BCUT2D eigenvalue weighted by Crippen LogP contribution is 2.41. The number of carbonyl (C=O) groups excluding carboxylic acids is 1. The summed E-state index contributed by atoms with van der Waals surface area (Å²) in [7, 11) is 1.55. The largest absolute Gasteiger partial charge is 0.493 e. The zero-order valence-electron chi connectivity index (χ0n) is 21.1. The van der Waals surface area contributed by atoms with Gasteiger partial charge in [0.15, 0.2) is 16.9 Å². The summed E-state index contributed by atoms with van der Waals surface area (Å²) in [6, 6.07) is 8.40. The maximum absolute atomic E-state index is 14.0. The van der Waals surface area contributed by atoms with E-state index in [0.717, 1.165) is 18.9 Å². The van der Waals surface area contributed by atoms with Crippen LogP contribution in [0.1, 0.15) is 67.8 Å². The van der Waals surface area contributed by atoms with Crippen molar-refractivity contribution in [1.82, 2.24) is 4.90 Å². The molecule has 7 nitrogen and oxygen atoms in total. The fourth-order valence-electron chi connectivity index (χ4n) is 4.42. The molecule has 0 saturated carbocycles. The van der Waals surface area contributed by atoms with Gasteiger partial charge in [0.25, 0.3) is 5.91 Å². The Morgan fingerprint density at radius 1 is 1.06 bits per heavy atom. The van der Waals surface area contributed by atoms with Gasteiger partial charge < -0.3 is 23.5 Å². The normalized spacial score (nSPS) is 15.1. The number of fused-ring (bicyclic) bond motifs is 2. The average molecular weight is 498 g/mol. The second-order valence-corrected chi connectivity index (χ2v) is 9.10. The Kier molecular flexibility index (Phi) is 7.94. The van der Waals surface area contributed by atoms with Crippen LogP contribution < -0.4 is 14.9 Å². The monoisotopic (exact) mass is 497 g/mol. The number of nitrogens with zero attached hydrogens (tertiary/aromatic N) is 1. The molecule has 1 aromatic heterocycles. The van der Waals surface area contributed by atoms with E-state index in [9.17, 15) is 14.0 Å². The lowest BCUT2D eigenvalue weighted by Crippen LogP contribution is -2.31. The first-order chi connectivity index (χ1) is 17.3. The predicted octanol–water partition coefficient (Wildman–Crippen LogP) is 5.48. The number of rotatable bonds is 11. The summed E-state index contributed by atoms with van der Waals surface area (Å²) in [5, 5.41) is 0.100. The second-order valence-electron chi connectivity index (χ2n) is 9.10. The molecule has 36 heavy (non-hydrogen) atoms. The summed E-state index contributed by atoms with van der Waals surface area (Å²) in [6.07, 6.45) is 2.56. The lowest BCUT2D eigenvalue weighted by molar-refractivity contribution is 0.0593. The highest BCUT2D eigenvalue weighted by atomic mass is 19.1. The Bertz CT molecular complexity index is 1300. The number of hydrogen-bond acceptors (Lipinski definition) is 6. The number of halogens is 1. The van der Waals surface area contributed by atoms with Gasteiger partial charge in [-0.1, -0.05) is 19.4 Å². The number of methoxy groups -OCH3 is 1. The molecule has 0 spiro atoms. The van der Waals surface area contributed by atoms with Crippen molar-refractivity contribution >= 4 is 16.9 Å². The number of benzene rings is 2. The van der Waals surface area contributed by atoms with E-state index in [-0.39, 0.29) is 34.3 Å². The fraction of sp³-hybridized carbons (Fsp3) is 0.429. The standard InChI is InChI=1S/C28H32FNO6/c1-5-6-13-35-22-10-8-18(15-23(22)33-4)25-24-26(31)20-16-19(29)9-11-21(20)36-27(24)28(32)30(25)12-7-14-34-17(2)3/h8-11,15-17,25H,5-7,12-14H2,1-4H3. The molecule has 2 heterocycles. The van der Waals surface area contributed by atoms with Crippen molar-refractivity contribution < 1.29 is 27.8 Å². The minimum absolute atomic E-state index is 0.0175. The highest BCUT2D eigenvalue weighted by molar-refractivity contribution is 5.99. The van der Waals surface area contributed by atoms with Gasteiger partial charge in [-0.15, -0.1) is 0 Å². The minimum Gasteiger partial charge on any atom is -0.493 e. The van der Waals surface area contributed by atoms with E-state index in [4.69, 9.17) is 18.6 Å². The molecule has 1 atom stereocenters. The van der Waals surface area contributed by atoms with E-state index >= 15 is 0 Å². The quantitative estimate of drug-likeness (QED) is 0.327. The average Bonchev–Trinajstić information content (AvgIpc) is 3.14. The molecule has 0 aliphatic carbocycles. The highest BCUT2D eigenvalue weighted by Gasteiger charge is 2.42. The second kappa shape index (κ2) is 11.1. The first kappa shape index (κ1) is 25.7. The van der Waals surface area contributed by atoms with E-state index < -0.39 is 17.3 Å². The molecular weight excluding hydrogens is 465 g/mol. The lowest BCUT2D eigenvalue weighted by atomic mass is 9.98. The Morgan fingerprint density at radius 3 is 2.58 bits per heavy atom. The van der Waals surface area contributed by atoms with Crippen LogP contribution in [0.15, 0.2) is 45.6 Å². The van der Waals surface area contributed by atoms with E-state index in [0.29, 0.717) is 43.2 Å². The molecule has 1 aliphatic heterocycles. The van der Waals surface area contributed by atoms with Crippen LogP contribution in [0.4, 0.5) is 4.39 Å². The predicted molar refractivity (Wildman–Crippen MR) is 134 cm³/mol. The van der Waals surface area contributed by atoms with E-state index in [2.05, 4.69) is 6.92 Å². The fourth-order valence-corrected chi connectivity index (χ4v) is 4.42. The number of carbonyl (C=O) groups is 1. The minimum atomic E-state index is -0.714. The Balaban J connectivity index is 1.79. The third-order valence-corrected chi connectivity index (χ3v) is 6.18. The van der Waals surface area contributed by atoms with E-state index in [1.54, 1.807) is 24.1 Å². The number of ether oxygens (including phenoxy) is 3. The molecule has 1 amide bonds. The van der Waals surface area contributed by atoms with Crippen LogP contribution in [0.5, 0.6) is 11.5 Å². The van der Waals surface area contributed by atoms with Crippen LogP contribution in [-0.2, 0) is 4.74 Å². The van der Waals surface area contributed by atoms with Gasteiger partial charge in [0.1, 0.15) is 11.4 Å². The molecule has 0 fully saturated rings. The Hall–Kier alpha value is -3.39. The molecule has 0 N–H and O–H groups in total. The maximum Gasteiger partial charge on any atom is 0.290 e. The number of hydrogen-bond donors (Lipinski definition) is 0. The third-order valence-electron chi connectivity index (χ3n) is 6.18. The summed E-state index contributed by atoms with van der Waals surface area (Å²) >= 11 is 0. The molecule has 1 aliphatic rings. The van der Waals surface area contributed by atoms with Crippen LogP contribution >= 0.6 is 0 Å². The van der Waals surface area contributed by atoms with Gasteiger partial charge in [-0.2, -0.15) is 0 Å². The maximum atomic E-state index is 14.0. The van der Waals surface area contributed by atoms with E-state index in [1.807, 2.05) is 19.9 Å². The summed E-state index contributed by atoms with van der Waals surface area (Å²) in [5.74, 6) is 0.141. The van der Waals surface area contributed by atoms with Crippen molar-refractivity contribution in [3.05, 3.63) is 69.3 Å². The van der Waals surface area contributed by atoms with Gasteiger partial charge in [0, 0.05) is 13.2 Å². The lowest BCUT2D eigenvalue weighted by Gasteiger charge is -2.26. The van der Waals surface area contributed by atoms with Crippen LogP contribution in [0.3, 0.4) is 0 Å². The third kappa shape index (κ3) is 5.09. The summed E-state index contributed by atoms with van der Waals surface area (Å²) in [4.78, 5) is 28.7. The topological polar surface area (TPSA) is 78.2 Å². The smallest absolute Gasteiger partial charge is 0.290 e. The van der Waals surface area contributed by atoms with Crippen molar-refractivity contribution in [3.63, 3.8) is 0 Å².